The Morgan fingerprint density at radius 1 is 0.477 bits per heavy atom. The summed E-state index contributed by atoms with van der Waals surface area (Å²) in [6.45, 7) is 9.21. The van der Waals surface area contributed by atoms with Crippen LogP contribution in [-0.2, 0) is 75.3 Å². The number of aliphatic hydroxyl groups is 1. The zero-order valence-corrected chi connectivity index (χ0v) is 49.9. The molecule has 6 aromatic rings. The summed E-state index contributed by atoms with van der Waals surface area (Å²) in [6, 6.07) is 15.3. The van der Waals surface area contributed by atoms with Crippen LogP contribution < -0.4 is 48.3 Å². The summed E-state index contributed by atoms with van der Waals surface area (Å²) in [4.78, 5) is 137. The number of nitrogens with two attached hydrogens (primary N) is 1. The van der Waals surface area contributed by atoms with Gasteiger partial charge in [0.25, 0.3) is 0 Å². The van der Waals surface area contributed by atoms with Gasteiger partial charge in [0.2, 0.25) is 47.3 Å². The van der Waals surface area contributed by atoms with Gasteiger partial charge in [-0.15, -0.1) is 0 Å². The van der Waals surface area contributed by atoms with Crippen molar-refractivity contribution in [2.45, 2.75) is 134 Å². The smallest absolute Gasteiger partial charge is 0.326 e. The summed E-state index contributed by atoms with van der Waals surface area (Å²) in [6.07, 6.45) is 3.86. The van der Waals surface area contributed by atoms with Gasteiger partial charge in [0.05, 0.1) is 19.0 Å². The van der Waals surface area contributed by atoms with Crippen LogP contribution in [0.5, 0.6) is 11.5 Å². The van der Waals surface area contributed by atoms with Gasteiger partial charge in [-0.1, -0.05) is 114 Å². The van der Waals surface area contributed by atoms with Crippen LogP contribution in [-0.4, -0.2) is 150 Å². The number of amides is 8. The van der Waals surface area contributed by atoms with Gasteiger partial charge in [0.1, 0.15) is 59.8 Å². The Morgan fingerprint density at radius 3 is 1.42 bits per heavy atom. The topological polar surface area (TPSA) is 401 Å². The van der Waals surface area contributed by atoms with Crippen LogP contribution >= 0.6 is 0 Å². The van der Waals surface area contributed by atoms with Crippen molar-refractivity contribution in [2.75, 3.05) is 6.61 Å². The number of carboxylic acids is 1. The molecule has 2 aromatic heterocycles. The number of hydrogen-bond donors (Lipinski definition) is 15. The van der Waals surface area contributed by atoms with E-state index in [1.807, 2.05) is 68.4 Å². The van der Waals surface area contributed by atoms with Crippen molar-refractivity contribution in [2.24, 2.45) is 23.5 Å². The molecule has 25 nitrogen and oxygen atoms in total. The molecule has 2 heterocycles. The maximum Gasteiger partial charge on any atom is 0.326 e. The highest BCUT2D eigenvalue weighted by atomic mass is 16.4. The van der Waals surface area contributed by atoms with E-state index in [2.05, 4.69) is 57.5 Å². The van der Waals surface area contributed by atoms with Gasteiger partial charge in [-0.25, -0.2) is 9.78 Å². The van der Waals surface area contributed by atoms with Gasteiger partial charge in [-0.05, 0) is 83.2 Å². The molecule has 0 fully saturated rings. The monoisotopic (exact) mass is 1210 g/mol. The van der Waals surface area contributed by atoms with Crippen LogP contribution in [0.25, 0.3) is 10.9 Å². The van der Waals surface area contributed by atoms with Gasteiger partial charge in [0, 0.05) is 54.7 Å². The number of phenolic OH excluding ortho intramolecular Hbond substituents is 2. The zero-order chi connectivity index (χ0) is 64.2. The Hall–Kier alpha value is -9.62. The number of phenols is 2. The second-order valence-electron chi connectivity index (χ2n) is 22.9. The Bertz CT molecular complexity index is 3320. The summed E-state index contributed by atoms with van der Waals surface area (Å²) in [5, 5.41) is 62.2. The number of nitrogens with zero attached hydrogens (tertiary/aromatic N) is 1. The summed E-state index contributed by atoms with van der Waals surface area (Å²) in [5.74, 6) is -9.64. The fourth-order valence-electron chi connectivity index (χ4n) is 9.75. The van der Waals surface area contributed by atoms with E-state index in [9.17, 15) is 63.6 Å². The van der Waals surface area contributed by atoms with Gasteiger partial charge in [0.15, 0.2) is 0 Å². The zero-order valence-electron chi connectivity index (χ0n) is 49.9. The molecule has 0 aliphatic carbocycles. The number of imidazole rings is 1. The SMILES string of the molecule is CC(C)C[C@H](NC(=O)[C@H](Cc1c[nH]c2ccccc12)NC(=O)[C@@H](NC(=O)[C@@H](N)Cc1ccccc1)C(C)C)C(=O)N[C@@H](Cc1cnc[nH]1)C(=O)N[C@@H](Cc1ccc(O)cc1)C(=O)N[C@@H](Cc1ccc(O)cc1)C(=O)N[C@@H](CO)C(=O)N[C@H](C(=O)O)C(C)C. The molecule has 0 aliphatic rings. The number of aromatic amines is 2. The van der Waals surface area contributed by atoms with E-state index >= 15 is 0 Å². The Kier molecular flexibility index (Phi) is 24.7. The predicted octanol–water partition coefficient (Wildman–Crippen LogP) is 1.46. The first-order valence-electron chi connectivity index (χ1n) is 29.0. The molecular weight excluding hydrogens is 1130 g/mol. The van der Waals surface area contributed by atoms with Crippen LogP contribution in [0.3, 0.4) is 0 Å². The molecule has 9 atom stereocenters. The number of fused-ring (bicyclic) bond motifs is 1. The summed E-state index contributed by atoms with van der Waals surface area (Å²) in [7, 11) is 0. The molecule has 8 amide bonds. The number of carbonyl (C=O) groups excluding carboxylic acids is 8. The number of aromatic nitrogens is 3. The maximum atomic E-state index is 14.9. The van der Waals surface area contributed by atoms with Crippen molar-refractivity contribution < 1.29 is 63.6 Å². The summed E-state index contributed by atoms with van der Waals surface area (Å²) in [5.41, 5.74) is 9.76. The minimum atomic E-state index is -1.69. The van der Waals surface area contributed by atoms with Gasteiger partial charge in [-0.2, -0.15) is 0 Å². The number of carboxylic acid groups (broad SMARTS) is 1. The molecule has 0 spiro atoms. The molecular formula is C63H80N12O13. The number of nitrogens with one attached hydrogen (secondary N) is 10. The van der Waals surface area contributed by atoms with Crippen LogP contribution in [0.2, 0.25) is 0 Å². The fraction of sp³-hybridized carbons (Fsp3) is 0.397. The number of aliphatic hydroxyl groups excluding tert-OH is 1. The molecule has 0 bridgehead atoms. The molecule has 0 saturated carbocycles. The number of benzene rings is 4. The predicted molar refractivity (Wildman–Crippen MR) is 325 cm³/mol. The van der Waals surface area contributed by atoms with Crippen molar-refractivity contribution in [3.8, 4) is 11.5 Å². The third kappa shape index (κ3) is 20.0. The highest BCUT2D eigenvalue weighted by Gasteiger charge is 2.37. The van der Waals surface area contributed by atoms with Crippen LogP contribution in [0, 0.1) is 17.8 Å². The molecule has 0 radical (unpaired) electrons. The molecule has 0 unspecified atom stereocenters. The lowest BCUT2D eigenvalue weighted by Crippen LogP contribution is -2.61. The van der Waals surface area contributed by atoms with E-state index in [0.29, 0.717) is 22.4 Å². The number of aromatic hydroxyl groups is 2. The second-order valence-corrected chi connectivity index (χ2v) is 22.9. The van der Waals surface area contributed by atoms with Gasteiger partial charge >= 0.3 is 5.97 Å². The van der Waals surface area contributed by atoms with Crippen molar-refractivity contribution in [3.63, 3.8) is 0 Å². The minimum Gasteiger partial charge on any atom is -0.508 e. The number of rotatable bonds is 32. The van der Waals surface area contributed by atoms with Crippen LogP contribution in [0.1, 0.15) is 75.9 Å². The first-order valence-corrected chi connectivity index (χ1v) is 29.0. The Labute approximate surface area is 509 Å². The lowest BCUT2D eigenvalue weighted by Gasteiger charge is -2.29. The van der Waals surface area contributed by atoms with Crippen LogP contribution in [0.15, 0.2) is 122 Å². The maximum absolute atomic E-state index is 14.9. The summed E-state index contributed by atoms with van der Waals surface area (Å²) < 4.78 is 0. The number of hydrogen-bond acceptors (Lipinski definition) is 14. The van der Waals surface area contributed by atoms with Gasteiger partial charge < -0.3 is 78.7 Å². The fourth-order valence-corrected chi connectivity index (χ4v) is 9.75. The Morgan fingerprint density at radius 2 is 0.920 bits per heavy atom. The molecule has 25 heteroatoms. The van der Waals surface area contributed by atoms with Crippen LogP contribution in [0.4, 0.5) is 0 Å². The average Bonchev–Trinajstić information content (AvgIpc) is 2.63. The standard InChI is InChI=1S/C63H80N12O13/c1-34(2)24-47(68-59(83)50(28-40-30-66-46-15-11-10-14-44(40)46)72-62(86)53(35(3)4)74-55(79)45(64)25-37-12-8-7-9-13-37)56(80)71-51(29-41-31-65-33-67-41)60(84)70-48(26-38-16-20-42(77)21-17-38)57(81)69-49(27-39-18-22-43(78)23-19-39)58(82)73-52(32-76)61(85)75-54(36(5)6)63(87)88/h7-23,30-31,33-36,45,47-54,66,76-78H,24-29,32,64H2,1-6H3,(H,65,67)(H,68,83)(H,69,81)(H,70,84)(H,71,80)(H,72,86)(H,73,82)(H,74,79)(H,75,85)(H,87,88)/t45-,47-,48-,49-,50-,51-,52-,53-,54-/m0/s1. The van der Waals surface area contributed by atoms with Crippen molar-refractivity contribution >= 4 is 64.1 Å². The average molecular weight is 1210 g/mol. The first-order chi connectivity index (χ1) is 41.9. The quantitative estimate of drug-likeness (QED) is 0.0284. The van der Waals surface area contributed by atoms with E-state index in [1.165, 1.54) is 61.1 Å². The van der Waals surface area contributed by atoms with Crippen molar-refractivity contribution in [1.82, 2.24) is 57.5 Å². The molecule has 0 saturated heterocycles. The number of aliphatic carboxylic acids is 1. The lowest BCUT2D eigenvalue weighted by molar-refractivity contribution is -0.144. The number of H-pyrrole nitrogens is 2. The largest absolute Gasteiger partial charge is 0.508 e. The van der Waals surface area contributed by atoms with Crippen molar-refractivity contribution in [1.29, 1.82) is 0 Å². The Balaban J connectivity index is 1.28. The third-order valence-corrected chi connectivity index (χ3v) is 14.6. The van der Waals surface area contributed by atoms with E-state index in [4.69, 9.17) is 5.73 Å². The molecule has 88 heavy (non-hydrogen) atoms. The third-order valence-electron chi connectivity index (χ3n) is 14.6. The highest BCUT2D eigenvalue weighted by molar-refractivity contribution is 5.99. The van der Waals surface area contributed by atoms with E-state index < -0.39 is 126 Å². The molecule has 16 N–H and O–H groups in total. The first kappa shape index (κ1) is 67.5. The number of para-hydroxylation sites is 1. The lowest BCUT2D eigenvalue weighted by atomic mass is 9.98. The number of carbonyl (C=O) groups is 9. The minimum absolute atomic E-state index is 0.0285. The molecule has 0 aliphatic heterocycles. The highest BCUT2D eigenvalue weighted by Crippen LogP contribution is 2.21. The van der Waals surface area contributed by atoms with E-state index in [-0.39, 0.29) is 55.9 Å². The molecule has 4 aromatic carbocycles. The van der Waals surface area contributed by atoms with E-state index in [0.717, 1.165) is 16.5 Å². The van der Waals surface area contributed by atoms with E-state index in [1.54, 1.807) is 33.9 Å². The second kappa shape index (κ2) is 32.2. The normalized spacial score (nSPS) is 14.4. The van der Waals surface area contributed by atoms with Crippen molar-refractivity contribution in [3.05, 3.63) is 150 Å². The molecule has 6 rings (SSSR count). The molecule has 470 valence electrons. The van der Waals surface area contributed by atoms with Gasteiger partial charge in [-0.3, -0.25) is 38.4 Å². The summed E-state index contributed by atoms with van der Waals surface area (Å²) >= 11 is 0.